The van der Waals surface area contributed by atoms with E-state index in [-0.39, 0.29) is 46.3 Å². The van der Waals surface area contributed by atoms with Crippen LogP contribution in [0.5, 0.6) is 0 Å². The van der Waals surface area contributed by atoms with Crippen molar-refractivity contribution in [2.75, 3.05) is 0 Å². The zero-order chi connectivity index (χ0) is 23.5. The van der Waals surface area contributed by atoms with Gasteiger partial charge >= 0.3 is 11.9 Å². The summed E-state index contributed by atoms with van der Waals surface area (Å²) in [5, 5.41) is 7.21. The number of hydrogen-bond donors (Lipinski definition) is 2. The van der Waals surface area contributed by atoms with Gasteiger partial charge in [-0.05, 0) is 68.2 Å². The second-order valence-corrected chi connectivity index (χ2v) is 12.4. The Morgan fingerprint density at radius 2 is 0.903 bits per heavy atom. The van der Waals surface area contributed by atoms with E-state index in [1.54, 1.807) is 0 Å². The van der Waals surface area contributed by atoms with Gasteiger partial charge in [-0.15, -0.1) is 0 Å². The minimum atomic E-state index is -0.125. The molecule has 31 heavy (non-hydrogen) atoms. The van der Waals surface area contributed by atoms with E-state index in [4.69, 9.17) is 9.47 Å². The lowest BCUT2D eigenvalue weighted by Gasteiger charge is -2.45. The summed E-state index contributed by atoms with van der Waals surface area (Å²) in [5.74, 6) is -0.250. The van der Waals surface area contributed by atoms with Gasteiger partial charge in [0.1, 0.15) is 12.2 Å². The number of carbonyl (C=O) groups excluding carboxylic acids is 2. The van der Waals surface area contributed by atoms with Gasteiger partial charge in [-0.3, -0.25) is 9.59 Å². The molecule has 0 aliphatic carbocycles. The Bertz CT molecular complexity index is 553. The Morgan fingerprint density at radius 1 is 0.613 bits per heavy atom. The molecule has 0 unspecified atom stereocenters. The fourth-order valence-corrected chi connectivity index (χ4v) is 5.83. The van der Waals surface area contributed by atoms with Gasteiger partial charge in [-0.2, -0.15) is 0 Å². The summed E-state index contributed by atoms with van der Waals surface area (Å²) in [7, 11) is 0. The fraction of sp³-hybridized carbons (Fsp3) is 0.920. The van der Waals surface area contributed by atoms with Crippen molar-refractivity contribution in [3.63, 3.8) is 0 Å². The Kier molecular flexibility index (Phi) is 8.24. The van der Waals surface area contributed by atoms with Crippen LogP contribution in [-0.2, 0) is 19.1 Å². The minimum Gasteiger partial charge on any atom is -0.462 e. The Balaban J connectivity index is 1.62. The SMILES string of the molecule is CC1(C)CC(OC(=O)CCCCCC(=O)OC2CC(C)(C)NC(C)(C)C2)CC(C)(C)N1. The van der Waals surface area contributed by atoms with Crippen LogP contribution in [0.25, 0.3) is 0 Å². The van der Waals surface area contributed by atoms with Crippen molar-refractivity contribution in [2.24, 2.45) is 0 Å². The van der Waals surface area contributed by atoms with E-state index in [9.17, 15) is 9.59 Å². The van der Waals surface area contributed by atoms with Crippen LogP contribution in [0.4, 0.5) is 0 Å². The predicted octanol–water partition coefficient (Wildman–Crippen LogP) is 4.64. The summed E-state index contributed by atoms with van der Waals surface area (Å²) in [5.41, 5.74) is -0.143. The third-order valence-corrected chi connectivity index (χ3v) is 6.16. The smallest absolute Gasteiger partial charge is 0.306 e. The maximum atomic E-state index is 12.3. The third kappa shape index (κ3) is 9.48. The number of rotatable bonds is 8. The lowest BCUT2D eigenvalue weighted by Crippen LogP contribution is -2.59. The molecule has 2 rings (SSSR count). The van der Waals surface area contributed by atoms with E-state index in [1.165, 1.54) is 0 Å². The molecule has 0 amide bonds. The first-order valence-corrected chi connectivity index (χ1v) is 12.0. The Morgan fingerprint density at radius 3 is 1.19 bits per heavy atom. The van der Waals surface area contributed by atoms with Gasteiger partial charge in [0.2, 0.25) is 0 Å². The molecule has 0 spiro atoms. The van der Waals surface area contributed by atoms with Gasteiger partial charge in [0.25, 0.3) is 0 Å². The van der Waals surface area contributed by atoms with Crippen molar-refractivity contribution < 1.29 is 19.1 Å². The molecular formula is C25H46N2O4. The summed E-state index contributed by atoms with van der Waals surface area (Å²) in [4.78, 5) is 24.5. The van der Waals surface area contributed by atoms with Crippen LogP contribution >= 0.6 is 0 Å². The van der Waals surface area contributed by atoms with E-state index >= 15 is 0 Å². The molecule has 0 aromatic carbocycles. The molecule has 2 N–H and O–H groups in total. The molecule has 2 saturated heterocycles. The minimum absolute atomic E-state index is 0.0350. The largest absolute Gasteiger partial charge is 0.462 e. The van der Waals surface area contributed by atoms with Crippen LogP contribution in [0.2, 0.25) is 0 Å². The summed E-state index contributed by atoms with van der Waals surface area (Å²) in [6, 6.07) is 0. The van der Waals surface area contributed by atoms with Crippen LogP contribution in [-0.4, -0.2) is 46.3 Å². The first-order chi connectivity index (χ1) is 14.1. The zero-order valence-electron chi connectivity index (χ0n) is 21.2. The second-order valence-electron chi connectivity index (χ2n) is 12.4. The van der Waals surface area contributed by atoms with E-state index < -0.39 is 0 Å². The van der Waals surface area contributed by atoms with Crippen molar-refractivity contribution in [3.05, 3.63) is 0 Å². The maximum Gasteiger partial charge on any atom is 0.306 e. The number of unbranched alkanes of at least 4 members (excludes halogenated alkanes) is 2. The molecule has 6 nitrogen and oxygen atoms in total. The van der Waals surface area contributed by atoms with E-state index in [1.807, 2.05) is 0 Å². The molecule has 2 heterocycles. The lowest BCUT2D eigenvalue weighted by molar-refractivity contribution is -0.153. The molecule has 0 aromatic heterocycles. The van der Waals surface area contributed by atoms with Crippen LogP contribution < -0.4 is 10.6 Å². The van der Waals surface area contributed by atoms with Gasteiger partial charge in [0, 0.05) is 60.7 Å². The van der Waals surface area contributed by atoms with Gasteiger partial charge in [0.05, 0.1) is 0 Å². The molecule has 2 fully saturated rings. The molecule has 0 atom stereocenters. The van der Waals surface area contributed by atoms with Crippen LogP contribution in [0.1, 0.15) is 113 Å². The molecule has 2 aliphatic heterocycles. The lowest BCUT2D eigenvalue weighted by atomic mass is 9.81. The number of hydrogen-bond acceptors (Lipinski definition) is 6. The quantitative estimate of drug-likeness (QED) is 0.425. The average Bonchev–Trinajstić information content (AvgIpc) is 2.47. The van der Waals surface area contributed by atoms with Gasteiger partial charge in [0.15, 0.2) is 0 Å². The predicted molar refractivity (Wildman–Crippen MR) is 124 cm³/mol. The molecule has 6 heteroatoms. The van der Waals surface area contributed by atoms with Crippen molar-refractivity contribution in [3.8, 4) is 0 Å². The summed E-state index contributed by atoms with van der Waals surface area (Å²) in [6.07, 6.45) is 6.41. The Hall–Kier alpha value is -1.14. The molecule has 0 saturated carbocycles. The highest BCUT2D eigenvalue weighted by atomic mass is 16.5. The molecule has 0 bridgehead atoms. The van der Waals surface area contributed by atoms with Gasteiger partial charge < -0.3 is 20.1 Å². The fourth-order valence-electron chi connectivity index (χ4n) is 5.83. The molecule has 0 aromatic rings. The Labute approximate surface area is 189 Å². The highest BCUT2D eigenvalue weighted by Gasteiger charge is 2.40. The number of carbonyl (C=O) groups is 2. The first kappa shape index (κ1) is 26.1. The van der Waals surface area contributed by atoms with Crippen LogP contribution in [0.3, 0.4) is 0 Å². The number of ether oxygens (including phenoxy) is 2. The molecule has 2 aliphatic rings. The standard InChI is InChI=1S/C25H46N2O4/c1-22(2)14-18(15-23(3,4)26-22)30-20(28)12-10-9-11-13-21(29)31-19-16-24(5,6)27-25(7,8)17-19/h18-19,26-27H,9-17H2,1-8H3. The first-order valence-electron chi connectivity index (χ1n) is 12.0. The average molecular weight is 439 g/mol. The van der Waals surface area contributed by atoms with Crippen molar-refractivity contribution in [1.82, 2.24) is 10.6 Å². The van der Waals surface area contributed by atoms with E-state index in [0.29, 0.717) is 12.8 Å². The van der Waals surface area contributed by atoms with Crippen LogP contribution in [0, 0.1) is 0 Å². The normalized spacial score (nSPS) is 25.0. The van der Waals surface area contributed by atoms with Crippen molar-refractivity contribution in [2.45, 2.75) is 148 Å². The molecule has 0 radical (unpaired) electrons. The topological polar surface area (TPSA) is 76.7 Å². The van der Waals surface area contributed by atoms with Crippen molar-refractivity contribution >= 4 is 11.9 Å². The maximum absolute atomic E-state index is 12.3. The molecule has 180 valence electrons. The van der Waals surface area contributed by atoms with Crippen LogP contribution in [0.15, 0.2) is 0 Å². The van der Waals surface area contributed by atoms with Gasteiger partial charge in [-0.25, -0.2) is 0 Å². The third-order valence-electron chi connectivity index (χ3n) is 6.16. The molecular weight excluding hydrogens is 392 g/mol. The monoisotopic (exact) mass is 438 g/mol. The summed E-state index contributed by atoms with van der Waals surface area (Å²) in [6.45, 7) is 17.2. The van der Waals surface area contributed by atoms with E-state index in [0.717, 1.165) is 44.9 Å². The second kappa shape index (κ2) is 9.78. The number of piperidine rings is 2. The van der Waals surface area contributed by atoms with Gasteiger partial charge in [-0.1, -0.05) is 6.42 Å². The highest BCUT2D eigenvalue weighted by Crippen LogP contribution is 2.31. The summed E-state index contributed by atoms with van der Waals surface area (Å²) < 4.78 is 11.5. The number of esters is 2. The number of nitrogens with one attached hydrogen (secondary N) is 2. The summed E-state index contributed by atoms with van der Waals surface area (Å²) >= 11 is 0. The highest BCUT2D eigenvalue weighted by molar-refractivity contribution is 5.70. The zero-order valence-corrected chi connectivity index (χ0v) is 21.2. The van der Waals surface area contributed by atoms with E-state index in [2.05, 4.69) is 66.0 Å². The van der Waals surface area contributed by atoms with Crippen molar-refractivity contribution in [1.29, 1.82) is 0 Å².